The predicted octanol–water partition coefficient (Wildman–Crippen LogP) is 4.10. The summed E-state index contributed by atoms with van der Waals surface area (Å²) in [6, 6.07) is 8.31. The highest BCUT2D eigenvalue weighted by Gasteiger charge is 2.16. The molecule has 0 aliphatic carbocycles. The fourth-order valence-corrected chi connectivity index (χ4v) is 3.02. The Kier molecular flexibility index (Phi) is 3.86. The molecule has 0 spiro atoms. The number of hydrazone groups is 1. The zero-order chi connectivity index (χ0) is 14.9. The molecule has 0 saturated heterocycles. The number of benzene rings is 1. The number of nitrogens with zero attached hydrogens (tertiary/aromatic N) is 1. The van der Waals surface area contributed by atoms with Gasteiger partial charge in [-0.3, -0.25) is 0 Å². The molecule has 0 fully saturated rings. The Morgan fingerprint density at radius 1 is 1.20 bits per heavy atom. The van der Waals surface area contributed by atoms with Crippen molar-refractivity contribution in [3.63, 3.8) is 0 Å². The third-order valence-corrected chi connectivity index (χ3v) is 4.38. The molecule has 0 saturated carbocycles. The molecule has 2 aromatic rings. The van der Waals surface area contributed by atoms with Crippen LogP contribution in [-0.2, 0) is 5.41 Å². The Morgan fingerprint density at radius 3 is 2.30 bits per heavy atom. The smallest absolute Gasteiger partial charge is 0.143 e. The summed E-state index contributed by atoms with van der Waals surface area (Å²) in [5.74, 6) is 5.52. The topological polar surface area (TPSA) is 58.6 Å². The lowest BCUT2D eigenvalue weighted by molar-refractivity contribution is 0.478. The van der Waals surface area contributed by atoms with Crippen LogP contribution in [0.1, 0.15) is 38.8 Å². The van der Waals surface area contributed by atoms with E-state index >= 15 is 0 Å². The summed E-state index contributed by atoms with van der Waals surface area (Å²) < 4.78 is 0. The highest BCUT2D eigenvalue weighted by atomic mass is 32.1. The Labute approximate surface area is 123 Å². The van der Waals surface area contributed by atoms with Gasteiger partial charge in [0, 0.05) is 5.38 Å². The van der Waals surface area contributed by atoms with Gasteiger partial charge in [0.1, 0.15) is 5.75 Å². The van der Waals surface area contributed by atoms with Crippen molar-refractivity contribution >= 4 is 17.0 Å². The molecular weight excluding hydrogens is 268 g/mol. The van der Waals surface area contributed by atoms with Crippen LogP contribution in [-0.4, -0.2) is 10.8 Å². The summed E-state index contributed by atoms with van der Waals surface area (Å²) in [5, 5.41) is 15.8. The molecule has 106 valence electrons. The van der Waals surface area contributed by atoms with Crippen LogP contribution in [0.4, 0.5) is 0 Å². The molecule has 0 aliphatic heterocycles. The molecule has 0 amide bonds. The van der Waals surface area contributed by atoms with Gasteiger partial charge in [0.2, 0.25) is 0 Å². The summed E-state index contributed by atoms with van der Waals surface area (Å²) in [6.45, 7) is 8.34. The summed E-state index contributed by atoms with van der Waals surface area (Å²) >= 11 is 1.50. The molecule has 20 heavy (non-hydrogen) atoms. The Balaban J connectivity index is 2.41. The quantitative estimate of drug-likeness (QED) is 0.496. The minimum absolute atomic E-state index is 0.129. The van der Waals surface area contributed by atoms with Crippen molar-refractivity contribution in [3.05, 3.63) is 40.8 Å². The summed E-state index contributed by atoms with van der Waals surface area (Å²) in [6.07, 6.45) is 0. The molecular formula is C16H20N2OS. The van der Waals surface area contributed by atoms with Crippen LogP contribution in [0.2, 0.25) is 0 Å². The SMILES string of the molecule is CC(=NN)c1csc(-c2ccc(C(C)(C)C)cc2)c1O. The van der Waals surface area contributed by atoms with E-state index in [1.54, 1.807) is 6.92 Å². The molecule has 1 heterocycles. The molecule has 0 bridgehead atoms. The van der Waals surface area contributed by atoms with E-state index in [2.05, 4.69) is 38.0 Å². The van der Waals surface area contributed by atoms with E-state index in [4.69, 9.17) is 5.84 Å². The van der Waals surface area contributed by atoms with Crippen molar-refractivity contribution in [2.24, 2.45) is 10.9 Å². The van der Waals surface area contributed by atoms with Crippen LogP contribution in [0.15, 0.2) is 34.7 Å². The van der Waals surface area contributed by atoms with Gasteiger partial charge in [-0.15, -0.1) is 11.3 Å². The Hall–Kier alpha value is -1.81. The first-order valence-corrected chi connectivity index (χ1v) is 7.38. The molecule has 3 N–H and O–H groups in total. The predicted molar refractivity (Wildman–Crippen MR) is 86.5 cm³/mol. The van der Waals surface area contributed by atoms with Gasteiger partial charge < -0.3 is 10.9 Å². The number of rotatable bonds is 2. The van der Waals surface area contributed by atoms with Gasteiger partial charge in [0.25, 0.3) is 0 Å². The van der Waals surface area contributed by atoms with Crippen molar-refractivity contribution in [2.75, 3.05) is 0 Å². The molecule has 0 radical (unpaired) electrons. The van der Waals surface area contributed by atoms with E-state index < -0.39 is 0 Å². The summed E-state index contributed by atoms with van der Waals surface area (Å²) in [5.41, 5.74) is 3.75. The summed E-state index contributed by atoms with van der Waals surface area (Å²) in [7, 11) is 0. The van der Waals surface area contributed by atoms with Crippen LogP contribution >= 0.6 is 11.3 Å². The average molecular weight is 288 g/mol. The van der Waals surface area contributed by atoms with E-state index in [0.717, 1.165) is 10.4 Å². The van der Waals surface area contributed by atoms with Crippen LogP contribution < -0.4 is 5.84 Å². The van der Waals surface area contributed by atoms with Crippen LogP contribution in [0.25, 0.3) is 10.4 Å². The maximum absolute atomic E-state index is 10.3. The number of aromatic hydroxyl groups is 1. The number of nitrogens with two attached hydrogens (primary N) is 1. The minimum Gasteiger partial charge on any atom is -0.506 e. The van der Waals surface area contributed by atoms with Gasteiger partial charge in [-0.25, -0.2) is 0 Å². The van der Waals surface area contributed by atoms with Gasteiger partial charge in [-0.05, 0) is 23.5 Å². The van der Waals surface area contributed by atoms with Gasteiger partial charge in [0.15, 0.2) is 0 Å². The third kappa shape index (κ3) is 2.70. The Morgan fingerprint density at radius 2 is 1.80 bits per heavy atom. The first-order valence-electron chi connectivity index (χ1n) is 6.51. The lowest BCUT2D eigenvalue weighted by Crippen LogP contribution is -2.10. The molecule has 2 rings (SSSR count). The fourth-order valence-electron chi connectivity index (χ4n) is 2.00. The van der Waals surface area contributed by atoms with Crippen LogP contribution in [0.3, 0.4) is 0 Å². The molecule has 3 nitrogen and oxygen atoms in total. The van der Waals surface area contributed by atoms with E-state index in [-0.39, 0.29) is 11.2 Å². The fraction of sp³-hybridized carbons (Fsp3) is 0.312. The molecule has 1 aromatic carbocycles. The Bertz CT molecular complexity index is 633. The van der Waals surface area contributed by atoms with E-state index in [1.807, 2.05) is 17.5 Å². The maximum Gasteiger partial charge on any atom is 0.143 e. The molecule has 0 unspecified atom stereocenters. The first kappa shape index (κ1) is 14.6. The highest BCUT2D eigenvalue weighted by molar-refractivity contribution is 7.14. The van der Waals surface area contributed by atoms with Gasteiger partial charge in [-0.2, -0.15) is 5.10 Å². The molecule has 0 aliphatic rings. The van der Waals surface area contributed by atoms with Crippen molar-refractivity contribution < 1.29 is 5.11 Å². The largest absolute Gasteiger partial charge is 0.506 e. The minimum atomic E-state index is 0.129. The zero-order valence-electron chi connectivity index (χ0n) is 12.3. The van der Waals surface area contributed by atoms with Crippen molar-refractivity contribution in [3.8, 4) is 16.2 Å². The van der Waals surface area contributed by atoms with E-state index in [9.17, 15) is 5.11 Å². The van der Waals surface area contributed by atoms with Crippen molar-refractivity contribution in [1.82, 2.24) is 0 Å². The maximum atomic E-state index is 10.3. The second kappa shape index (κ2) is 5.29. The lowest BCUT2D eigenvalue weighted by Gasteiger charge is -2.19. The van der Waals surface area contributed by atoms with Gasteiger partial charge >= 0.3 is 0 Å². The molecule has 4 heteroatoms. The molecule has 1 aromatic heterocycles. The normalized spacial score (nSPS) is 12.7. The van der Waals surface area contributed by atoms with Crippen LogP contribution in [0, 0.1) is 0 Å². The van der Waals surface area contributed by atoms with E-state index in [0.29, 0.717) is 11.3 Å². The number of hydrogen-bond acceptors (Lipinski definition) is 4. The third-order valence-electron chi connectivity index (χ3n) is 3.36. The van der Waals surface area contributed by atoms with Crippen molar-refractivity contribution in [1.29, 1.82) is 0 Å². The first-order chi connectivity index (χ1) is 9.34. The number of hydrogen-bond donors (Lipinski definition) is 2. The lowest BCUT2D eigenvalue weighted by atomic mass is 9.86. The van der Waals surface area contributed by atoms with Crippen LogP contribution in [0.5, 0.6) is 5.75 Å². The van der Waals surface area contributed by atoms with Gasteiger partial charge in [0.05, 0.1) is 16.2 Å². The molecule has 0 atom stereocenters. The average Bonchev–Trinajstić information content (AvgIpc) is 2.79. The standard InChI is InChI=1S/C16H20N2OS/c1-10(18-17)13-9-20-15(14(13)19)11-5-7-12(8-6-11)16(2,3)4/h5-9,19H,17H2,1-4H3. The summed E-state index contributed by atoms with van der Waals surface area (Å²) in [4.78, 5) is 0.850. The monoisotopic (exact) mass is 288 g/mol. The van der Waals surface area contributed by atoms with Crippen molar-refractivity contribution in [2.45, 2.75) is 33.1 Å². The number of thiophene rings is 1. The van der Waals surface area contributed by atoms with E-state index in [1.165, 1.54) is 16.9 Å². The van der Waals surface area contributed by atoms with Gasteiger partial charge in [-0.1, -0.05) is 45.0 Å². The second-order valence-corrected chi connectivity index (χ2v) is 6.75. The highest BCUT2D eigenvalue weighted by Crippen LogP contribution is 2.39. The zero-order valence-corrected chi connectivity index (χ0v) is 13.1. The second-order valence-electron chi connectivity index (χ2n) is 5.87.